The predicted octanol–water partition coefficient (Wildman–Crippen LogP) is 2.77. The molecule has 142 valence electrons. The highest BCUT2D eigenvalue weighted by Crippen LogP contribution is 2.27. The Hall–Kier alpha value is -2.80. The van der Waals surface area contributed by atoms with Crippen LogP contribution in [-0.4, -0.2) is 42.4 Å². The van der Waals surface area contributed by atoms with Gasteiger partial charge in [0.25, 0.3) is 5.91 Å². The smallest absolute Gasteiger partial charge is 0.268 e. The monoisotopic (exact) mass is 369 g/mol. The molecule has 27 heavy (non-hydrogen) atoms. The van der Waals surface area contributed by atoms with Crippen LogP contribution in [0.3, 0.4) is 0 Å². The van der Waals surface area contributed by atoms with Gasteiger partial charge in [-0.1, -0.05) is 5.16 Å². The zero-order valence-electron chi connectivity index (χ0n) is 15.7. The summed E-state index contributed by atoms with van der Waals surface area (Å²) in [5.41, 5.74) is 3.24. The molecule has 0 unspecified atom stereocenters. The zero-order valence-corrected chi connectivity index (χ0v) is 15.7. The van der Waals surface area contributed by atoms with Crippen LogP contribution in [0, 0.1) is 19.8 Å². The first kappa shape index (κ1) is 17.6. The number of amides is 1. The lowest BCUT2D eigenvalue weighted by Crippen LogP contribution is -2.41. The molecule has 3 aromatic rings. The average molecular weight is 369 g/mol. The van der Waals surface area contributed by atoms with Gasteiger partial charge in [0.1, 0.15) is 17.2 Å². The van der Waals surface area contributed by atoms with Crippen molar-refractivity contribution >= 4 is 16.8 Å². The number of fused-ring (bicyclic) bond motifs is 1. The molecule has 2 atom stereocenters. The zero-order chi connectivity index (χ0) is 19.0. The largest absolute Gasteiger partial charge is 0.497 e. The fraction of sp³-hybridized carbons (Fsp3) is 0.400. The van der Waals surface area contributed by atoms with E-state index in [2.05, 4.69) is 15.5 Å². The van der Waals surface area contributed by atoms with Crippen LogP contribution in [0.4, 0.5) is 0 Å². The molecule has 1 aliphatic rings. The third-order valence-corrected chi connectivity index (χ3v) is 5.15. The topological polar surface area (TPSA) is 89.4 Å². The highest BCUT2D eigenvalue weighted by Gasteiger charge is 2.31. The Bertz CT molecular complexity index is 975. The first-order valence-corrected chi connectivity index (χ1v) is 9.02. The molecule has 0 radical (unpaired) electrons. The van der Waals surface area contributed by atoms with Gasteiger partial charge in [0.2, 0.25) is 0 Å². The van der Waals surface area contributed by atoms with Gasteiger partial charge >= 0.3 is 0 Å². The number of carbonyl (C=O) groups excluding carboxylic acids is 1. The summed E-state index contributed by atoms with van der Waals surface area (Å²) in [5, 5.41) is 8.02. The van der Waals surface area contributed by atoms with E-state index >= 15 is 0 Å². The van der Waals surface area contributed by atoms with Gasteiger partial charge in [-0.25, -0.2) is 0 Å². The van der Waals surface area contributed by atoms with Gasteiger partial charge in [0, 0.05) is 29.3 Å². The third-order valence-electron chi connectivity index (χ3n) is 5.15. The molecular formula is C20H23N3O4. The van der Waals surface area contributed by atoms with Gasteiger partial charge in [0.15, 0.2) is 0 Å². The lowest BCUT2D eigenvalue weighted by atomic mass is 9.98. The minimum atomic E-state index is -0.128. The van der Waals surface area contributed by atoms with Crippen molar-refractivity contribution in [2.24, 2.45) is 5.92 Å². The van der Waals surface area contributed by atoms with Gasteiger partial charge < -0.3 is 24.3 Å². The van der Waals surface area contributed by atoms with E-state index in [9.17, 15) is 4.79 Å². The molecule has 7 nitrogen and oxygen atoms in total. The Labute approximate surface area is 157 Å². The molecule has 1 amide bonds. The number of hydrogen-bond acceptors (Lipinski definition) is 5. The number of aromatic amines is 1. The number of methoxy groups -OCH3 is 1. The number of benzene rings is 1. The first-order valence-electron chi connectivity index (χ1n) is 9.02. The average Bonchev–Trinajstić information content (AvgIpc) is 3.35. The van der Waals surface area contributed by atoms with Crippen LogP contribution in [0.1, 0.15) is 27.5 Å². The molecule has 4 rings (SSSR count). The van der Waals surface area contributed by atoms with Crippen molar-refractivity contribution < 1.29 is 18.8 Å². The second-order valence-corrected chi connectivity index (χ2v) is 7.05. The molecule has 1 fully saturated rings. The summed E-state index contributed by atoms with van der Waals surface area (Å²) in [4.78, 5) is 16.1. The molecule has 0 spiro atoms. The van der Waals surface area contributed by atoms with Crippen LogP contribution in [0.15, 0.2) is 28.8 Å². The molecule has 7 heteroatoms. The van der Waals surface area contributed by atoms with Crippen molar-refractivity contribution in [3.63, 3.8) is 0 Å². The number of nitrogens with one attached hydrogen (secondary N) is 2. The van der Waals surface area contributed by atoms with Crippen molar-refractivity contribution in [2.75, 3.05) is 20.3 Å². The summed E-state index contributed by atoms with van der Waals surface area (Å²) in [6.45, 7) is 4.92. The summed E-state index contributed by atoms with van der Waals surface area (Å²) in [6, 6.07) is 7.59. The number of carbonyl (C=O) groups is 1. The fourth-order valence-corrected chi connectivity index (χ4v) is 3.63. The van der Waals surface area contributed by atoms with E-state index < -0.39 is 0 Å². The van der Waals surface area contributed by atoms with Crippen molar-refractivity contribution in [3.05, 3.63) is 47.0 Å². The van der Waals surface area contributed by atoms with Gasteiger partial charge in [0.05, 0.1) is 32.1 Å². The lowest BCUT2D eigenvalue weighted by Gasteiger charge is -2.17. The summed E-state index contributed by atoms with van der Waals surface area (Å²) in [7, 11) is 1.63. The highest BCUT2D eigenvalue weighted by atomic mass is 16.5. The van der Waals surface area contributed by atoms with E-state index in [0.29, 0.717) is 25.3 Å². The maximum atomic E-state index is 12.9. The van der Waals surface area contributed by atoms with E-state index in [1.807, 2.05) is 38.1 Å². The molecule has 2 N–H and O–H groups in total. The number of H-pyrrole nitrogens is 1. The van der Waals surface area contributed by atoms with Gasteiger partial charge in [-0.3, -0.25) is 4.79 Å². The van der Waals surface area contributed by atoms with Gasteiger partial charge in [-0.15, -0.1) is 0 Å². The first-order chi connectivity index (χ1) is 13.0. The number of ether oxygens (including phenoxy) is 2. The molecule has 3 heterocycles. The number of rotatable bonds is 5. The molecule has 1 aliphatic heterocycles. The summed E-state index contributed by atoms with van der Waals surface area (Å²) in [6.07, 6.45) is 0.689. The number of hydrogen-bond donors (Lipinski definition) is 2. The second-order valence-electron chi connectivity index (χ2n) is 7.05. The second kappa shape index (κ2) is 7.08. The van der Waals surface area contributed by atoms with Crippen LogP contribution < -0.4 is 10.1 Å². The number of aromatic nitrogens is 2. The molecule has 1 aromatic carbocycles. The summed E-state index contributed by atoms with van der Waals surface area (Å²) in [5.74, 6) is 1.61. The van der Waals surface area contributed by atoms with E-state index in [0.717, 1.165) is 33.7 Å². The van der Waals surface area contributed by atoms with Gasteiger partial charge in [-0.2, -0.15) is 0 Å². The standard InChI is InChI=1S/C20H23N3O4/c1-11-6-15(27-23-11)7-13-9-26-10-18(13)22-20(24)19-12(2)16-8-14(25-3)4-5-17(16)21-19/h4-6,8,13,18,21H,7,9-10H2,1-3H3,(H,22,24)/t13-,18+/m0/s1. The number of nitrogens with zero attached hydrogens (tertiary/aromatic N) is 1. The molecule has 0 bridgehead atoms. The SMILES string of the molecule is COc1ccc2[nH]c(C(=O)N[C@@H]3COC[C@@H]3Cc3cc(C)no3)c(C)c2c1. The normalized spacial score (nSPS) is 19.5. The fourth-order valence-electron chi connectivity index (χ4n) is 3.63. The highest BCUT2D eigenvalue weighted by molar-refractivity contribution is 6.01. The maximum absolute atomic E-state index is 12.9. The van der Waals surface area contributed by atoms with Crippen LogP contribution in [0.2, 0.25) is 0 Å². The Balaban J connectivity index is 1.51. The number of aryl methyl sites for hydroxylation is 2. The van der Waals surface area contributed by atoms with E-state index in [1.165, 1.54) is 0 Å². The Kier molecular flexibility index (Phi) is 4.61. The van der Waals surface area contributed by atoms with Crippen LogP contribution >= 0.6 is 0 Å². The predicted molar refractivity (Wildman–Crippen MR) is 100 cm³/mol. The third kappa shape index (κ3) is 3.42. The van der Waals surface area contributed by atoms with Crippen molar-refractivity contribution in [1.82, 2.24) is 15.5 Å². The van der Waals surface area contributed by atoms with E-state index in [1.54, 1.807) is 7.11 Å². The quantitative estimate of drug-likeness (QED) is 0.722. The van der Waals surface area contributed by atoms with Crippen LogP contribution in [0.25, 0.3) is 10.9 Å². The van der Waals surface area contributed by atoms with E-state index in [4.69, 9.17) is 14.0 Å². The van der Waals surface area contributed by atoms with Crippen molar-refractivity contribution in [2.45, 2.75) is 26.3 Å². The molecule has 2 aromatic heterocycles. The van der Waals surface area contributed by atoms with E-state index in [-0.39, 0.29) is 17.9 Å². The maximum Gasteiger partial charge on any atom is 0.268 e. The Morgan fingerprint density at radius 1 is 1.33 bits per heavy atom. The molecular weight excluding hydrogens is 346 g/mol. The summed E-state index contributed by atoms with van der Waals surface area (Å²) < 4.78 is 16.2. The molecule has 0 aliphatic carbocycles. The van der Waals surface area contributed by atoms with Gasteiger partial charge in [-0.05, 0) is 37.6 Å². The minimum Gasteiger partial charge on any atom is -0.497 e. The molecule has 0 saturated carbocycles. The Morgan fingerprint density at radius 3 is 2.93 bits per heavy atom. The Morgan fingerprint density at radius 2 is 2.19 bits per heavy atom. The summed E-state index contributed by atoms with van der Waals surface area (Å²) >= 11 is 0. The van der Waals surface area contributed by atoms with Crippen molar-refractivity contribution in [3.8, 4) is 5.75 Å². The molecule has 1 saturated heterocycles. The van der Waals surface area contributed by atoms with Crippen LogP contribution in [-0.2, 0) is 11.2 Å². The van der Waals surface area contributed by atoms with Crippen LogP contribution in [0.5, 0.6) is 5.75 Å². The van der Waals surface area contributed by atoms with Crippen molar-refractivity contribution in [1.29, 1.82) is 0 Å². The minimum absolute atomic E-state index is 0.0664. The lowest BCUT2D eigenvalue weighted by molar-refractivity contribution is 0.0919.